The van der Waals surface area contributed by atoms with Crippen molar-refractivity contribution in [2.45, 2.75) is 19.8 Å². The number of allylic oxidation sites excluding steroid dienone is 1. The third-order valence-electron chi connectivity index (χ3n) is 2.61. The summed E-state index contributed by atoms with van der Waals surface area (Å²) in [4.78, 5) is 11.7. The fourth-order valence-corrected chi connectivity index (χ4v) is 1.57. The van der Waals surface area contributed by atoms with Crippen LogP contribution in [0.5, 0.6) is 5.75 Å². The van der Waals surface area contributed by atoms with Crippen LogP contribution >= 0.6 is 11.6 Å². The summed E-state index contributed by atoms with van der Waals surface area (Å²) < 4.78 is 5.19. The van der Waals surface area contributed by atoms with Crippen molar-refractivity contribution in [3.05, 3.63) is 34.9 Å². The third-order valence-corrected chi connectivity index (χ3v) is 2.95. The lowest BCUT2D eigenvalue weighted by Gasteiger charge is -2.06. The Kier molecular flexibility index (Phi) is 3.38. The lowest BCUT2D eigenvalue weighted by Crippen LogP contribution is -2.09. The highest BCUT2D eigenvalue weighted by molar-refractivity contribution is 6.33. The zero-order valence-electron chi connectivity index (χ0n) is 9.57. The Bertz CT molecular complexity index is 478. The number of rotatable bonds is 3. The highest BCUT2D eigenvalue weighted by atomic mass is 35.5. The first-order chi connectivity index (χ1) is 8.06. The molecule has 0 atom stereocenters. The number of carbonyl (C=O) groups is 1. The summed E-state index contributed by atoms with van der Waals surface area (Å²) in [5.74, 6) is 0.636. The molecule has 90 valence electrons. The predicted octanol–water partition coefficient (Wildman–Crippen LogP) is 3.18. The second kappa shape index (κ2) is 4.80. The van der Waals surface area contributed by atoms with Crippen LogP contribution in [-0.4, -0.2) is 5.97 Å². The first kappa shape index (κ1) is 12.0. The summed E-state index contributed by atoms with van der Waals surface area (Å²) in [5.41, 5.74) is 6.67. The van der Waals surface area contributed by atoms with Crippen LogP contribution in [0.1, 0.15) is 19.8 Å². The molecule has 0 saturated heterocycles. The molecular formula is C13H14ClNO2. The molecule has 0 spiro atoms. The van der Waals surface area contributed by atoms with Crippen molar-refractivity contribution in [2.24, 2.45) is 5.92 Å². The minimum atomic E-state index is -0.335. The number of carbonyl (C=O) groups excluding carboxylic acids is 1. The molecule has 17 heavy (non-hydrogen) atoms. The Morgan fingerprint density at radius 2 is 2.24 bits per heavy atom. The van der Waals surface area contributed by atoms with Gasteiger partial charge in [0.25, 0.3) is 0 Å². The monoisotopic (exact) mass is 251 g/mol. The van der Waals surface area contributed by atoms with Gasteiger partial charge in [0.05, 0.1) is 10.7 Å². The van der Waals surface area contributed by atoms with Gasteiger partial charge < -0.3 is 10.5 Å². The maximum Gasteiger partial charge on any atom is 0.338 e. The Morgan fingerprint density at radius 1 is 1.53 bits per heavy atom. The van der Waals surface area contributed by atoms with Gasteiger partial charge in [-0.15, -0.1) is 0 Å². The molecule has 3 nitrogen and oxygen atoms in total. The van der Waals surface area contributed by atoms with Crippen molar-refractivity contribution < 1.29 is 9.53 Å². The summed E-state index contributed by atoms with van der Waals surface area (Å²) >= 11 is 5.78. The fraction of sp³-hybridized carbons (Fsp3) is 0.308. The smallest absolute Gasteiger partial charge is 0.338 e. The van der Waals surface area contributed by atoms with E-state index in [9.17, 15) is 4.79 Å². The summed E-state index contributed by atoms with van der Waals surface area (Å²) in [6, 6.07) is 4.78. The number of hydrogen-bond acceptors (Lipinski definition) is 3. The van der Waals surface area contributed by atoms with Gasteiger partial charge in [-0.05, 0) is 37.8 Å². The van der Waals surface area contributed by atoms with E-state index in [1.54, 1.807) is 25.1 Å². The van der Waals surface area contributed by atoms with E-state index in [4.69, 9.17) is 22.1 Å². The minimum Gasteiger partial charge on any atom is -0.423 e. The Hall–Kier alpha value is -1.48. The maximum atomic E-state index is 11.7. The third kappa shape index (κ3) is 3.24. The molecular weight excluding hydrogens is 238 g/mol. The van der Waals surface area contributed by atoms with Crippen LogP contribution < -0.4 is 10.5 Å². The van der Waals surface area contributed by atoms with Gasteiger partial charge in [0.15, 0.2) is 0 Å². The van der Waals surface area contributed by atoms with Crippen LogP contribution in [-0.2, 0) is 4.79 Å². The lowest BCUT2D eigenvalue weighted by atomic mass is 10.2. The van der Waals surface area contributed by atoms with Gasteiger partial charge >= 0.3 is 5.97 Å². The van der Waals surface area contributed by atoms with Crippen molar-refractivity contribution in [1.29, 1.82) is 0 Å². The van der Waals surface area contributed by atoms with E-state index in [2.05, 4.69) is 0 Å². The molecule has 1 aromatic carbocycles. The molecule has 1 fully saturated rings. The Labute approximate surface area is 105 Å². The molecule has 1 aromatic rings. The maximum absolute atomic E-state index is 11.7. The molecule has 0 radical (unpaired) electrons. The van der Waals surface area contributed by atoms with E-state index >= 15 is 0 Å². The molecule has 0 amide bonds. The molecule has 2 rings (SSSR count). The second-order valence-electron chi connectivity index (χ2n) is 4.26. The van der Waals surface area contributed by atoms with Gasteiger partial charge in [-0.1, -0.05) is 17.7 Å². The van der Waals surface area contributed by atoms with Gasteiger partial charge in [-0.3, -0.25) is 0 Å². The molecule has 1 aliphatic carbocycles. The normalized spacial score (nSPS) is 15.8. The zero-order valence-corrected chi connectivity index (χ0v) is 10.3. The summed E-state index contributed by atoms with van der Waals surface area (Å²) in [7, 11) is 0. The summed E-state index contributed by atoms with van der Waals surface area (Å²) in [6.07, 6.45) is 4.29. The van der Waals surface area contributed by atoms with Crippen LogP contribution in [0.15, 0.2) is 29.8 Å². The van der Waals surface area contributed by atoms with Crippen molar-refractivity contribution in [1.82, 2.24) is 0 Å². The highest BCUT2D eigenvalue weighted by Gasteiger charge is 2.20. The van der Waals surface area contributed by atoms with E-state index in [1.807, 2.05) is 6.08 Å². The highest BCUT2D eigenvalue weighted by Crippen LogP contribution is 2.31. The van der Waals surface area contributed by atoms with Gasteiger partial charge in [-0.2, -0.15) is 0 Å². The van der Waals surface area contributed by atoms with E-state index in [0.29, 0.717) is 28.0 Å². The summed E-state index contributed by atoms with van der Waals surface area (Å²) in [6.45, 7) is 1.76. The first-order valence-electron chi connectivity index (χ1n) is 5.52. The number of esters is 1. The van der Waals surface area contributed by atoms with Crippen LogP contribution in [0.25, 0.3) is 0 Å². The molecule has 1 saturated carbocycles. The number of nitrogen functional groups attached to an aromatic ring is 1. The number of hydrogen-bond donors (Lipinski definition) is 1. The Morgan fingerprint density at radius 3 is 2.82 bits per heavy atom. The topological polar surface area (TPSA) is 52.3 Å². The van der Waals surface area contributed by atoms with Crippen molar-refractivity contribution in [3.8, 4) is 5.75 Å². The average Bonchev–Trinajstić information content (AvgIpc) is 3.07. The van der Waals surface area contributed by atoms with Crippen LogP contribution in [0.2, 0.25) is 5.02 Å². The fourth-order valence-electron chi connectivity index (χ4n) is 1.46. The number of halogens is 1. The number of nitrogens with two attached hydrogens (primary N) is 1. The molecule has 0 unspecified atom stereocenters. The van der Waals surface area contributed by atoms with E-state index in [0.717, 1.165) is 0 Å². The van der Waals surface area contributed by atoms with Crippen molar-refractivity contribution >= 4 is 23.3 Å². The van der Waals surface area contributed by atoms with E-state index < -0.39 is 0 Å². The molecule has 1 aliphatic rings. The minimum absolute atomic E-state index is 0.335. The van der Waals surface area contributed by atoms with Gasteiger partial charge in [0.2, 0.25) is 0 Å². The SMILES string of the molecule is CC(=CC1CC1)C(=O)Oc1ccc(Cl)c(N)c1. The number of benzene rings is 1. The molecule has 0 aromatic heterocycles. The largest absolute Gasteiger partial charge is 0.423 e. The van der Waals surface area contributed by atoms with Crippen LogP contribution in [0.4, 0.5) is 5.69 Å². The molecule has 2 N–H and O–H groups in total. The number of anilines is 1. The second-order valence-corrected chi connectivity index (χ2v) is 4.67. The van der Waals surface area contributed by atoms with Gasteiger partial charge in [0.1, 0.15) is 5.75 Å². The lowest BCUT2D eigenvalue weighted by molar-refractivity contribution is -0.130. The molecule has 0 aliphatic heterocycles. The quantitative estimate of drug-likeness (QED) is 0.389. The molecule has 4 heteroatoms. The predicted molar refractivity (Wildman–Crippen MR) is 68.0 cm³/mol. The van der Waals surface area contributed by atoms with Gasteiger partial charge in [0, 0.05) is 11.6 Å². The molecule has 0 heterocycles. The first-order valence-corrected chi connectivity index (χ1v) is 5.89. The van der Waals surface area contributed by atoms with Crippen molar-refractivity contribution in [3.63, 3.8) is 0 Å². The average molecular weight is 252 g/mol. The van der Waals surface area contributed by atoms with Gasteiger partial charge in [-0.25, -0.2) is 4.79 Å². The molecule has 0 bridgehead atoms. The zero-order chi connectivity index (χ0) is 12.4. The van der Waals surface area contributed by atoms with E-state index in [1.165, 1.54) is 12.8 Å². The Balaban J connectivity index is 2.04. The van der Waals surface area contributed by atoms with Crippen LogP contribution in [0.3, 0.4) is 0 Å². The van der Waals surface area contributed by atoms with E-state index in [-0.39, 0.29) is 5.97 Å². The van der Waals surface area contributed by atoms with Crippen LogP contribution in [0, 0.1) is 5.92 Å². The van der Waals surface area contributed by atoms with Crippen molar-refractivity contribution in [2.75, 3.05) is 5.73 Å². The number of ether oxygens (including phenoxy) is 1. The summed E-state index contributed by atoms with van der Waals surface area (Å²) in [5, 5.41) is 0.454. The standard InChI is InChI=1S/C13H14ClNO2/c1-8(6-9-2-3-9)13(16)17-10-4-5-11(14)12(15)7-10/h4-7,9H,2-3,15H2,1H3.